The maximum atomic E-state index is 12.8. The SMILES string of the molecule is CCCCCCC/C=C\C/C=C\CCCCCCCCCCCC(=O)NC(COP(=O)(O)OCCN)C(O)CCCCCCCCCCCCCCC. The van der Waals surface area contributed by atoms with Gasteiger partial charge in [0.1, 0.15) is 0 Å². The number of amides is 1. The van der Waals surface area contributed by atoms with Crippen LogP contribution < -0.4 is 11.1 Å². The van der Waals surface area contributed by atoms with Crippen LogP contribution in [0.4, 0.5) is 0 Å². The third-order valence-electron chi connectivity index (χ3n) is 10.1. The first-order valence-corrected chi connectivity index (χ1v) is 23.9. The number of nitrogens with two attached hydrogens (primary N) is 1. The van der Waals surface area contributed by atoms with Gasteiger partial charge in [0.2, 0.25) is 5.91 Å². The van der Waals surface area contributed by atoms with E-state index in [4.69, 9.17) is 14.8 Å². The Bertz CT molecular complexity index is 886. The van der Waals surface area contributed by atoms with Crippen molar-refractivity contribution in [3.05, 3.63) is 24.3 Å². The summed E-state index contributed by atoms with van der Waals surface area (Å²) in [6.45, 7) is 4.20. The van der Waals surface area contributed by atoms with Crippen molar-refractivity contribution in [1.29, 1.82) is 0 Å². The molecule has 0 saturated heterocycles. The standard InChI is InChI=1S/C44H87N2O6P/c1-3-5-7-9-11-13-15-17-18-19-20-21-22-23-24-26-28-30-32-34-36-38-44(48)46-42(41-52-53(49,50)51-40-39-45)43(47)37-35-33-31-29-27-25-16-14-12-10-8-6-4-2/h15,17,19-20,42-43,47H,3-14,16,18,21-41,45H2,1-2H3,(H,46,48)(H,49,50)/b17-15-,20-19-. The number of aliphatic hydroxyl groups is 1. The zero-order valence-electron chi connectivity index (χ0n) is 34.8. The zero-order chi connectivity index (χ0) is 38.9. The van der Waals surface area contributed by atoms with Gasteiger partial charge in [-0.15, -0.1) is 0 Å². The van der Waals surface area contributed by atoms with Crippen molar-refractivity contribution in [1.82, 2.24) is 5.32 Å². The fourth-order valence-corrected chi connectivity index (χ4v) is 7.40. The second kappa shape index (κ2) is 40.6. The highest BCUT2D eigenvalue weighted by atomic mass is 31.2. The second-order valence-electron chi connectivity index (χ2n) is 15.3. The molecule has 0 radical (unpaired) electrons. The Labute approximate surface area is 327 Å². The monoisotopic (exact) mass is 771 g/mol. The third-order valence-corrected chi connectivity index (χ3v) is 11.0. The Hall–Kier alpha value is -1.02. The Morgan fingerprint density at radius 2 is 1.04 bits per heavy atom. The Kier molecular flexibility index (Phi) is 39.9. The predicted molar refractivity (Wildman–Crippen MR) is 226 cm³/mol. The van der Waals surface area contributed by atoms with Crippen molar-refractivity contribution >= 4 is 13.7 Å². The molecule has 5 N–H and O–H groups in total. The highest BCUT2D eigenvalue weighted by Gasteiger charge is 2.27. The van der Waals surface area contributed by atoms with E-state index < -0.39 is 20.0 Å². The topological polar surface area (TPSA) is 131 Å². The van der Waals surface area contributed by atoms with Gasteiger partial charge in [-0.25, -0.2) is 4.57 Å². The van der Waals surface area contributed by atoms with E-state index in [1.54, 1.807) is 0 Å². The van der Waals surface area contributed by atoms with E-state index >= 15 is 0 Å². The fraction of sp³-hybridized carbons (Fsp3) is 0.886. The Morgan fingerprint density at radius 1 is 0.623 bits per heavy atom. The Morgan fingerprint density at radius 3 is 1.49 bits per heavy atom. The van der Waals surface area contributed by atoms with Crippen LogP contribution in [0.1, 0.15) is 219 Å². The largest absolute Gasteiger partial charge is 0.472 e. The first kappa shape index (κ1) is 52.0. The smallest absolute Gasteiger partial charge is 0.391 e. The molecule has 0 aromatic heterocycles. The number of phosphoric ester groups is 1. The number of hydrogen-bond acceptors (Lipinski definition) is 6. The molecule has 3 atom stereocenters. The van der Waals surface area contributed by atoms with E-state index in [0.717, 1.165) is 44.9 Å². The molecule has 0 aromatic rings. The molecule has 9 heteroatoms. The Balaban J connectivity index is 4.10. The van der Waals surface area contributed by atoms with Crippen molar-refractivity contribution in [2.75, 3.05) is 19.8 Å². The number of phosphoric acid groups is 1. The van der Waals surface area contributed by atoms with Crippen molar-refractivity contribution in [2.24, 2.45) is 5.73 Å². The molecule has 0 bridgehead atoms. The van der Waals surface area contributed by atoms with Crippen LogP contribution in [-0.2, 0) is 18.4 Å². The number of carbonyl (C=O) groups excluding carboxylic acids is 1. The van der Waals surface area contributed by atoms with Crippen LogP contribution in [0.25, 0.3) is 0 Å². The van der Waals surface area contributed by atoms with Crippen molar-refractivity contribution in [3.8, 4) is 0 Å². The maximum Gasteiger partial charge on any atom is 0.472 e. The summed E-state index contributed by atoms with van der Waals surface area (Å²) in [7, 11) is -4.31. The first-order valence-electron chi connectivity index (χ1n) is 22.5. The van der Waals surface area contributed by atoms with E-state index in [1.807, 2.05) is 0 Å². The summed E-state index contributed by atoms with van der Waals surface area (Å²) in [6.07, 6.45) is 46.1. The number of carbonyl (C=O) groups is 1. The summed E-state index contributed by atoms with van der Waals surface area (Å²) in [5.74, 6) is -0.165. The van der Waals surface area contributed by atoms with E-state index in [0.29, 0.717) is 12.8 Å². The number of unbranched alkanes of at least 4 members (excludes halogenated alkanes) is 26. The summed E-state index contributed by atoms with van der Waals surface area (Å²) in [5, 5.41) is 13.8. The number of allylic oxidation sites excluding steroid dienone is 4. The number of nitrogens with one attached hydrogen (secondary N) is 1. The summed E-state index contributed by atoms with van der Waals surface area (Å²) < 4.78 is 22.2. The molecule has 0 spiro atoms. The van der Waals surface area contributed by atoms with Gasteiger partial charge in [-0.1, -0.05) is 192 Å². The van der Waals surface area contributed by atoms with Crippen molar-refractivity contribution < 1.29 is 28.4 Å². The molecule has 0 aliphatic rings. The average Bonchev–Trinajstić information content (AvgIpc) is 3.14. The lowest BCUT2D eigenvalue weighted by atomic mass is 10.0. The van der Waals surface area contributed by atoms with E-state index in [-0.39, 0.29) is 25.7 Å². The number of hydrogen-bond donors (Lipinski definition) is 4. The van der Waals surface area contributed by atoms with Crippen LogP contribution in [-0.4, -0.2) is 47.8 Å². The maximum absolute atomic E-state index is 12.8. The summed E-state index contributed by atoms with van der Waals surface area (Å²) in [4.78, 5) is 22.7. The molecule has 0 heterocycles. The molecule has 0 fully saturated rings. The van der Waals surface area contributed by atoms with Crippen LogP contribution in [0.3, 0.4) is 0 Å². The molecule has 53 heavy (non-hydrogen) atoms. The lowest BCUT2D eigenvalue weighted by Gasteiger charge is -2.25. The molecule has 314 valence electrons. The summed E-state index contributed by atoms with van der Waals surface area (Å²) >= 11 is 0. The number of aliphatic hydroxyl groups excluding tert-OH is 1. The van der Waals surface area contributed by atoms with Crippen LogP contribution in [0.15, 0.2) is 24.3 Å². The quantitative estimate of drug-likeness (QED) is 0.0276. The van der Waals surface area contributed by atoms with Gasteiger partial charge in [-0.05, 0) is 44.9 Å². The van der Waals surface area contributed by atoms with E-state index in [1.165, 1.54) is 148 Å². The molecule has 8 nitrogen and oxygen atoms in total. The molecule has 0 saturated carbocycles. The van der Waals surface area contributed by atoms with Gasteiger partial charge in [0.25, 0.3) is 0 Å². The molecule has 1 amide bonds. The van der Waals surface area contributed by atoms with Gasteiger partial charge in [0.15, 0.2) is 0 Å². The van der Waals surface area contributed by atoms with Crippen LogP contribution in [0, 0.1) is 0 Å². The number of rotatable bonds is 42. The second-order valence-corrected chi connectivity index (χ2v) is 16.7. The van der Waals surface area contributed by atoms with Gasteiger partial charge in [-0.3, -0.25) is 13.8 Å². The van der Waals surface area contributed by atoms with E-state index in [2.05, 4.69) is 43.5 Å². The zero-order valence-corrected chi connectivity index (χ0v) is 35.7. The van der Waals surface area contributed by atoms with E-state index in [9.17, 15) is 19.4 Å². The normalized spacial score (nSPS) is 14.3. The summed E-state index contributed by atoms with van der Waals surface area (Å²) in [5.41, 5.74) is 5.38. The van der Waals surface area contributed by atoms with Crippen LogP contribution in [0.2, 0.25) is 0 Å². The first-order chi connectivity index (χ1) is 25.9. The predicted octanol–water partition coefficient (Wildman–Crippen LogP) is 12.6. The molecule has 0 aromatic carbocycles. The molecule has 3 unspecified atom stereocenters. The lowest BCUT2D eigenvalue weighted by Crippen LogP contribution is -2.46. The molecular formula is C44H87N2O6P. The third kappa shape index (κ3) is 39.0. The fourth-order valence-electron chi connectivity index (χ4n) is 6.64. The molecule has 0 rings (SSSR count). The van der Waals surface area contributed by atoms with Gasteiger partial charge < -0.3 is 21.1 Å². The molecular weight excluding hydrogens is 683 g/mol. The molecule has 0 aliphatic heterocycles. The van der Waals surface area contributed by atoms with Gasteiger partial charge in [-0.2, -0.15) is 0 Å². The lowest BCUT2D eigenvalue weighted by molar-refractivity contribution is -0.123. The van der Waals surface area contributed by atoms with Crippen molar-refractivity contribution in [3.63, 3.8) is 0 Å². The average molecular weight is 771 g/mol. The van der Waals surface area contributed by atoms with Gasteiger partial charge in [0, 0.05) is 13.0 Å². The van der Waals surface area contributed by atoms with Crippen LogP contribution in [0.5, 0.6) is 0 Å². The van der Waals surface area contributed by atoms with Gasteiger partial charge in [0.05, 0.1) is 25.4 Å². The summed E-state index contributed by atoms with van der Waals surface area (Å²) in [6, 6.07) is -0.774. The molecule has 0 aliphatic carbocycles. The highest BCUT2D eigenvalue weighted by molar-refractivity contribution is 7.47. The van der Waals surface area contributed by atoms with Gasteiger partial charge >= 0.3 is 7.82 Å². The minimum absolute atomic E-state index is 0.0887. The minimum atomic E-state index is -4.31. The van der Waals surface area contributed by atoms with Crippen molar-refractivity contribution in [2.45, 2.75) is 231 Å². The highest BCUT2D eigenvalue weighted by Crippen LogP contribution is 2.43. The minimum Gasteiger partial charge on any atom is -0.391 e. The van der Waals surface area contributed by atoms with Crippen LogP contribution >= 0.6 is 7.82 Å².